The molecule has 1 aliphatic heterocycles. The number of ether oxygens (including phenoxy) is 1. The molecule has 0 bridgehead atoms. The van der Waals surface area contributed by atoms with Gasteiger partial charge in [-0.05, 0) is 50.2 Å². The van der Waals surface area contributed by atoms with E-state index in [2.05, 4.69) is 60.7 Å². The fourth-order valence-corrected chi connectivity index (χ4v) is 3.58. The molecule has 0 atom stereocenters. The summed E-state index contributed by atoms with van der Waals surface area (Å²) in [5, 5.41) is 3.08. The van der Waals surface area contributed by atoms with Crippen LogP contribution in [-0.4, -0.2) is 55.2 Å². The van der Waals surface area contributed by atoms with Crippen molar-refractivity contribution < 1.29 is 9.53 Å². The predicted octanol–water partition coefficient (Wildman–Crippen LogP) is 3.74. The van der Waals surface area contributed by atoms with E-state index >= 15 is 0 Å². The molecule has 3 rings (SSSR count). The Bertz CT molecular complexity index is 800. The van der Waals surface area contributed by atoms with Crippen molar-refractivity contribution in [2.75, 3.05) is 33.8 Å². The van der Waals surface area contributed by atoms with Gasteiger partial charge < -0.3 is 19.9 Å². The van der Waals surface area contributed by atoms with Crippen LogP contribution >= 0.6 is 0 Å². The zero-order chi connectivity index (χ0) is 20.1. The average Bonchev–Trinajstić information content (AvgIpc) is 2.66. The van der Waals surface area contributed by atoms with Gasteiger partial charge in [-0.25, -0.2) is 4.79 Å². The van der Waals surface area contributed by atoms with Crippen LogP contribution in [0.1, 0.15) is 25.0 Å². The molecule has 2 aromatic rings. The van der Waals surface area contributed by atoms with Gasteiger partial charge in [-0.1, -0.05) is 48.5 Å². The number of amides is 2. The van der Waals surface area contributed by atoms with E-state index in [1.807, 2.05) is 30.9 Å². The Hall–Kier alpha value is -2.37. The molecule has 1 fully saturated rings. The minimum Gasteiger partial charge on any atom is -0.372 e. The molecule has 0 radical (unpaired) electrons. The second-order valence-corrected chi connectivity index (χ2v) is 8.28. The van der Waals surface area contributed by atoms with E-state index in [0.717, 1.165) is 17.7 Å². The Morgan fingerprint density at radius 3 is 2.54 bits per heavy atom. The van der Waals surface area contributed by atoms with Crippen molar-refractivity contribution >= 4 is 6.03 Å². The molecule has 5 heteroatoms. The number of urea groups is 1. The van der Waals surface area contributed by atoms with Gasteiger partial charge in [-0.15, -0.1) is 0 Å². The number of rotatable bonds is 5. The lowest BCUT2D eigenvalue weighted by Gasteiger charge is -2.38. The molecule has 1 saturated heterocycles. The minimum atomic E-state index is -0.290. The lowest BCUT2D eigenvalue weighted by Crippen LogP contribution is -2.53. The fourth-order valence-electron chi connectivity index (χ4n) is 3.58. The Labute approximate surface area is 168 Å². The molecule has 0 saturated carbocycles. The summed E-state index contributed by atoms with van der Waals surface area (Å²) >= 11 is 0. The number of nitrogens with one attached hydrogen (secondary N) is 1. The summed E-state index contributed by atoms with van der Waals surface area (Å²) in [7, 11) is 4.14. The van der Waals surface area contributed by atoms with Crippen molar-refractivity contribution in [3.8, 4) is 11.1 Å². The van der Waals surface area contributed by atoms with Gasteiger partial charge in [0.25, 0.3) is 0 Å². The van der Waals surface area contributed by atoms with Crippen LogP contribution in [0.15, 0.2) is 48.5 Å². The molecule has 28 heavy (non-hydrogen) atoms. The normalized spacial score (nSPS) is 16.2. The predicted molar refractivity (Wildman–Crippen MR) is 113 cm³/mol. The van der Waals surface area contributed by atoms with Crippen molar-refractivity contribution in [1.82, 2.24) is 15.1 Å². The van der Waals surface area contributed by atoms with Crippen LogP contribution in [0.2, 0.25) is 0 Å². The summed E-state index contributed by atoms with van der Waals surface area (Å²) in [6.45, 7) is 7.28. The van der Waals surface area contributed by atoms with Gasteiger partial charge in [-0.3, -0.25) is 0 Å². The minimum absolute atomic E-state index is 0.0347. The Morgan fingerprint density at radius 1 is 1.14 bits per heavy atom. The molecule has 0 unspecified atom stereocenters. The van der Waals surface area contributed by atoms with E-state index in [1.165, 1.54) is 11.1 Å². The second-order valence-electron chi connectivity index (χ2n) is 8.28. The van der Waals surface area contributed by atoms with Gasteiger partial charge in [0.2, 0.25) is 0 Å². The highest BCUT2D eigenvalue weighted by Crippen LogP contribution is 2.24. The van der Waals surface area contributed by atoms with Crippen LogP contribution < -0.4 is 5.32 Å². The van der Waals surface area contributed by atoms with Crippen molar-refractivity contribution in [3.05, 3.63) is 59.7 Å². The first kappa shape index (κ1) is 20.4. The monoisotopic (exact) mass is 381 g/mol. The molecule has 1 heterocycles. The number of benzene rings is 2. The third-order valence-electron chi connectivity index (χ3n) is 4.92. The molecule has 1 N–H and O–H groups in total. The topological polar surface area (TPSA) is 44.8 Å². The van der Waals surface area contributed by atoms with Crippen LogP contribution in [-0.2, 0) is 17.8 Å². The number of hydrogen-bond acceptors (Lipinski definition) is 3. The van der Waals surface area contributed by atoms with Crippen molar-refractivity contribution in [1.29, 1.82) is 0 Å². The maximum Gasteiger partial charge on any atom is 0.317 e. The van der Waals surface area contributed by atoms with Gasteiger partial charge in [0.1, 0.15) is 0 Å². The van der Waals surface area contributed by atoms with Gasteiger partial charge in [0.15, 0.2) is 0 Å². The highest BCUT2D eigenvalue weighted by Gasteiger charge is 2.29. The zero-order valence-electron chi connectivity index (χ0n) is 17.4. The summed E-state index contributed by atoms with van der Waals surface area (Å²) in [5.74, 6) is 0. The van der Waals surface area contributed by atoms with E-state index in [9.17, 15) is 4.79 Å². The van der Waals surface area contributed by atoms with E-state index in [0.29, 0.717) is 26.2 Å². The van der Waals surface area contributed by atoms with Gasteiger partial charge in [-0.2, -0.15) is 0 Å². The summed E-state index contributed by atoms with van der Waals surface area (Å²) in [5.41, 5.74) is 4.43. The van der Waals surface area contributed by atoms with Crippen LogP contribution in [0.3, 0.4) is 0 Å². The zero-order valence-corrected chi connectivity index (χ0v) is 17.4. The number of carbonyl (C=O) groups excluding carboxylic acids is 1. The van der Waals surface area contributed by atoms with Crippen molar-refractivity contribution in [3.63, 3.8) is 0 Å². The first-order valence-corrected chi connectivity index (χ1v) is 9.83. The third kappa shape index (κ3) is 5.33. The van der Waals surface area contributed by atoms with Crippen LogP contribution in [0, 0.1) is 0 Å². The molecule has 0 aromatic heterocycles. The SMILES string of the molecule is CN(C)Cc1ccc(-c2ccccc2CNC(=O)N2CCOC(C)(C)C2)cc1. The van der Waals surface area contributed by atoms with Crippen LogP contribution in [0.5, 0.6) is 0 Å². The summed E-state index contributed by atoms with van der Waals surface area (Å²) in [6, 6.07) is 16.9. The summed E-state index contributed by atoms with van der Waals surface area (Å²) in [4.78, 5) is 16.6. The smallest absolute Gasteiger partial charge is 0.317 e. The van der Waals surface area contributed by atoms with E-state index in [4.69, 9.17) is 4.74 Å². The van der Waals surface area contributed by atoms with E-state index in [-0.39, 0.29) is 11.6 Å². The molecule has 2 aromatic carbocycles. The van der Waals surface area contributed by atoms with Crippen LogP contribution in [0.4, 0.5) is 4.79 Å². The number of nitrogens with zero attached hydrogens (tertiary/aromatic N) is 2. The molecule has 150 valence electrons. The fraction of sp³-hybridized carbons (Fsp3) is 0.435. The lowest BCUT2D eigenvalue weighted by molar-refractivity contribution is -0.0733. The van der Waals surface area contributed by atoms with E-state index < -0.39 is 0 Å². The maximum atomic E-state index is 12.6. The van der Waals surface area contributed by atoms with Gasteiger partial charge in [0, 0.05) is 19.6 Å². The molecule has 5 nitrogen and oxygen atoms in total. The maximum absolute atomic E-state index is 12.6. The number of carbonyl (C=O) groups is 1. The van der Waals surface area contributed by atoms with Gasteiger partial charge >= 0.3 is 6.03 Å². The first-order chi connectivity index (χ1) is 13.3. The molecular weight excluding hydrogens is 350 g/mol. The highest BCUT2D eigenvalue weighted by molar-refractivity contribution is 5.75. The summed E-state index contributed by atoms with van der Waals surface area (Å²) < 4.78 is 5.69. The quantitative estimate of drug-likeness (QED) is 0.858. The summed E-state index contributed by atoms with van der Waals surface area (Å²) in [6.07, 6.45) is 0. The van der Waals surface area contributed by atoms with E-state index in [1.54, 1.807) is 0 Å². The Balaban J connectivity index is 1.68. The van der Waals surface area contributed by atoms with Crippen LogP contribution in [0.25, 0.3) is 11.1 Å². The van der Waals surface area contributed by atoms with Crippen molar-refractivity contribution in [2.24, 2.45) is 0 Å². The third-order valence-corrected chi connectivity index (χ3v) is 4.92. The van der Waals surface area contributed by atoms with Crippen molar-refractivity contribution in [2.45, 2.75) is 32.5 Å². The number of morpholine rings is 1. The molecule has 2 amide bonds. The Kier molecular flexibility index (Phi) is 6.37. The Morgan fingerprint density at radius 2 is 1.86 bits per heavy atom. The highest BCUT2D eigenvalue weighted by atomic mass is 16.5. The molecule has 1 aliphatic rings. The number of hydrogen-bond donors (Lipinski definition) is 1. The molecule has 0 spiro atoms. The lowest BCUT2D eigenvalue weighted by atomic mass is 9.98. The second kappa shape index (κ2) is 8.76. The standard InChI is InChI=1S/C23H31N3O2/c1-23(2)17-26(13-14-28-23)22(27)24-15-20-7-5-6-8-21(20)19-11-9-18(10-12-19)16-25(3)4/h5-12H,13-17H2,1-4H3,(H,24,27). The average molecular weight is 382 g/mol. The molecular formula is C23H31N3O2. The van der Waals surface area contributed by atoms with Gasteiger partial charge in [0.05, 0.1) is 18.8 Å². The molecule has 0 aliphatic carbocycles. The first-order valence-electron chi connectivity index (χ1n) is 9.83. The largest absolute Gasteiger partial charge is 0.372 e.